The topological polar surface area (TPSA) is 43.6 Å². The summed E-state index contributed by atoms with van der Waals surface area (Å²) in [7, 11) is 0. The molecular formula is C53H33F3N4S. The van der Waals surface area contributed by atoms with E-state index in [9.17, 15) is 13.2 Å². The molecule has 0 saturated carbocycles. The Morgan fingerprint density at radius 3 is 1.77 bits per heavy atom. The monoisotopic (exact) mass is 814 g/mol. The highest BCUT2D eigenvalue weighted by Gasteiger charge is 2.31. The van der Waals surface area contributed by atoms with Crippen LogP contribution in [0.3, 0.4) is 0 Å². The van der Waals surface area contributed by atoms with Crippen LogP contribution in [0.1, 0.15) is 11.1 Å². The van der Waals surface area contributed by atoms with E-state index in [2.05, 4.69) is 89.5 Å². The molecule has 292 valence electrons. The van der Waals surface area contributed by atoms with Gasteiger partial charge in [0.25, 0.3) is 0 Å². The van der Waals surface area contributed by atoms with Gasteiger partial charge in [0.2, 0.25) is 0 Å². The average molecular weight is 815 g/mol. The number of thiophene rings is 1. The summed E-state index contributed by atoms with van der Waals surface area (Å²) in [5, 5.41) is 4.43. The van der Waals surface area contributed by atoms with Crippen molar-refractivity contribution in [3.05, 3.63) is 193 Å². The Bertz CT molecular complexity index is 3420. The SMILES string of the molecule is Cc1cc(C(F)(F)F)ccc1-c1ccc2c(c1)c1ccccc1n2-c1ccc(-c2cccc3c2sc2ccccc23)cc1-c1nc(-c2ccccc2)nc(-c2ccccc2)n1. The largest absolute Gasteiger partial charge is 0.416 e. The van der Waals surface area contributed by atoms with Crippen molar-refractivity contribution in [3.63, 3.8) is 0 Å². The molecule has 3 aromatic heterocycles. The van der Waals surface area contributed by atoms with E-state index in [1.54, 1.807) is 24.3 Å². The summed E-state index contributed by atoms with van der Waals surface area (Å²) in [5.74, 6) is 1.65. The van der Waals surface area contributed by atoms with Crippen molar-refractivity contribution in [2.45, 2.75) is 13.1 Å². The standard InChI is InChI=1S/C53H33F3N4S/c1-32-29-37(53(54,55)56)25-26-38(32)35-23-27-46-43(30-35)40-17-8-10-21-45(40)60(46)47-28-24-36(39-19-12-20-42-41-18-9-11-22-48(41)61-49(39)42)31-44(47)52-58-50(33-13-4-2-5-14-33)57-51(59-52)34-15-6-3-7-16-34/h2-31H,1H3. The van der Waals surface area contributed by atoms with Crippen LogP contribution in [0.2, 0.25) is 0 Å². The van der Waals surface area contributed by atoms with Crippen LogP contribution in [0.25, 0.3) is 104 Å². The van der Waals surface area contributed by atoms with Crippen LogP contribution in [0.4, 0.5) is 13.2 Å². The summed E-state index contributed by atoms with van der Waals surface area (Å²) < 4.78 is 45.6. The van der Waals surface area contributed by atoms with E-state index in [-0.39, 0.29) is 0 Å². The summed E-state index contributed by atoms with van der Waals surface area (Å²) in [5.41, 5.74) is 8.99. The molecule has 0 amide bonds. The van der Waals surface area contributed by atoms with Crippen LogP contribution in [-0.2, 0) is 6.18 Å². The number of benzene rings is 8. The molecule has 11 aromatic rings. The Morgan fingerprint density at radius 2 is 1.05 bits per heavy atom. The third-order valence-corrected chi connectivity index (χ3v) is 12.7. The molecule has 4 nitrogen and oxygen atoms in total. The Hall–Kier alpha value is -7.42. The zero-order valence-electron chi connectivity index (χ0n) is 32.7. The lowest BCUT2D eigenvalue weighted by Crippen LogP contribution is -2.05. The van der Waals surface area contributed by atoms with Crippen LogP contribution in [0, 0.1) is 6.92 Å². The van der Waals surface area contributed by atoms with Crippen LogP contribution < -0.4 is 0 Å². The van der Waals surface area contributed by atoms with Crippen LogP contribution >= 0.6 is 11.3 Å². The Labute approximate surface area is 352 Å². The highest BCUT2D eigenvalue weighted by atomic mass is 32.1. The highest BCUT2D eigenvalue weighted by Crippen LogP contribution is 2.44. The second-order valence-electron chi connectivity index (χ2n) is 15.2. The van der Waals surface area contributed by atoms with Crippen LogP contribution in [-0.4, -0.2) is 19.5 Å². The maximum Gasteiger partial charge on any atom is 0.416 e. The smallest absolute Gasteiger partial charge is 0.309 e. The van der Waals surface area contributed by atoms with Gasteiger partial charge in [-0.2, -0.15) is 13.2 Å². The Balaban J connectivity index is 1.18. The second-order valence-corrected chi connectivity index (χ2v) is 16.2. The first-order valence-corrected chi connectivity index (χ1v) is 20.7. The fraction of sp³-hybridized carbons (Fsp3) is 0.0377. The number of alkyl halides is 3. The zero-order chi connectivity index (χ0) is 41.2. The molecule has 0 atom stereocenters. The Morgan fingerprint density at radius 1 is 0.443 bits per heavy atom. The van der Waals surface area contributed by atoms with Crippen molar-refractivity contribution in [3.8, 4) is 62.1 Å². The van der Waals surface area contributed by atoms with E-state index in [1.807, 2.05) is 78.9 Å². The van der Waals surface area contributed by atoms with Crippen molar-refractivity contribution in [1.29, 1.82) is 0 Å². The predicted molar refractivity (Wildman–Crippen MR) is 244 cm³/mol. The Kier molecular flexibility index (Phi) is 8.65. The molecule has 0 aliphatic rings. The number of aromatic nitrogens is 4. The molecule has 0 radical (unpaired) electrons. The summed E-state index contributed by atoms with van der Waals surface area (Å²) in [6, 6.07) is 59.8. The van der Waals surface area contributed by atoms with Gasteiger partial charge < -0.3 is 4.57 Å². The molecule has 8 heteroatoms. The van der Waals surface area contributed by atoms with Crippen molar-refractivity contribution < 1.29 is 13.2 Å². The molecule has 61 heavy (non-hydrogen) atoms. The molecule has 11 rings (SSSR count). The van der Waals surface area contributed by atoms with Crippen molar-refractivity contribution in [2.75, 3.05) is 0 Å². The van der Waals surface area contributed by atoms with Crippen molar-refractivity contribution in [2.24, 2.45) is 0 Å². The van der Waals surface area contributed by atoms with Crippen LogP contribution in [0.15, 0.2) is 182 Å². The fourth-order valence-corrected chi connectivity index (χ4v) is 9.78. The normalized spacial score (nSPS) is 11.9. The van der Waals surface area contributed by atoms with Gasteiger partial charge in [-0.3, -0.25) is 0 Å². The lowest BCUT2D eigenvalue weighted by atomic mass is 9.97. The summed E-state index contributed by atoms with van der Waals surface area (Å²) in [6.45, 7) is 1.73. The average Bonchev–Trinajstić information content (AvgIpc) is 3.84. The number of aryl methyl sites for hydroxylation is 1. The highest BCUT2D eigenvalue weighted by molar-refractivity contribution is 7.26. The van der Waals surface area contributed by atoms with E-state index in [0.29, 0.717) is 23.0 Å². The van der Waals surface area contributed by atoms with Gasteiger partial charge in [0.1, 0.15) is 0 Å². The summed E-state index contributed by atoms with van der Waals surface area (Å²) >= 11 is 1.79. The minimum absolute atomic E-state index is 0.524. The zero-order valence-corrected chi connectivity index (χ0v) is 33.5. The molecular weight excluding hydrogens is 782 g/mol. The maximum absolute atomic E-state index is 13.6. The van der Waals surface area contributed by atoms with Gasteiger partial charge in [-0.05, 0) is 83.3 Å². The van der Waals surface area contributed by atoms with Crippen LogP contribution in [0.5, 0.6) is 0 Å². The third kappa shape index (κ3) is 6.35. The molecule has 0 aliphatic heterocycles. The van der Waals surface area contributed by atoms with Gasteiger partial charge in [-0.15, -0.1) is 11.3 Å². The maximum atomic E-state index is 13.6. The van der Waals surface area contributed by atoms with Gasteiger partial charge in [0, 0.05) is 47.6 Å². The molecule has 0 bridgehead atoms. The van der Waals surface area contributed by atoms with E-state index >= 15 is 0 Å². The van der Waals surface area contributed by atoms with E-state index in [0.717, 1.165) is 72.5 Å². The minimum Gasteiger partial charge on any atom is -0.309 e. The molecule has 0 aliphatic carbocycles. The quantitative estimate of drug-likeness (QED) is 0.168. The molecule has 0 spiro atoms. The number of rotatable bonds is 6. The molecule has 0 N–H and O–H groups in total. The lowest BCUT2D eigenvalue weighted by molar-refractivity contribution is -0.137. The molecule has 0 unspecified atom stereocenters. The summed E-state index contributed by atoms with van der Waals surface area (Å²) in [6.07, 6.45) is -4.42. The third-order valence-electron chi connectivity index (χ3n) is 11.4. The summed E-state index contributed by atoms with van der Waals surface area (Å²) in [4.78, 5) is 15.5. The van der Waals surface area contributed by atoms with Crippen molar-refractivity contribution in [1.82, 2.24) is 19.5 Å². The predicted octanol–water partition coefficient (Wildman–Crippen LogP) is 15.0. The van der Waals surface area contributed by atoms with Gasteiger partial charge in [0.05, 0.1) is 22.3 Å². The van der Waals surface area contributed by atoms with E-state index in [4.69, 9.17) is 15.0 Å². The van der Waals surface area contributed by atoms with E-state index < -0.39 is 11.7 Å². The first kappa shape index (κ1) is 36.6. The fourth-order valence-electron chi connectivity index (χ4n) is 8.55. The first-order chi connectivity index (χ1) is 29.8. The minimum atomic E-state index is -4.42. The van der Waals surface area contributed by atoms with Gasteiger partial charge >= 0.3 is 6.18 Å². The number of nitrogens with zero attached hydrogens (tertiary/aromatic N) is 4. The number of para-hydroxylation sites is 1. The first-order valence-electron chi connectivity index (χ1n) is 19.9. The lowest BCUT2D eigenvalue weighted by Gasteiger charge is -2.17. The number of halogens is 3. The number of hydrogen-bond donors (Lipinski definition) is 0. The van der Waals surface area contributed by atoms with E-state index in [1.165, 1.54) is 26.2 Å². The molecule has 8 aromatic carbocycles. The van der Waals surface area contributed by atoms with Gasteiger partial charge in [-0.25, -0.2) is 15.0 Å². The van der Waals surface area contributed by atoms with Crippen molar-refractivity contribution >= 4 is 53.3 Å². The molecule has 0 fully saturated rings. The molecule has 3 heterocycles. The van der Waals surface area contributed by atoms with Gasteiger partial charge in [-0.1, -0.05) is 133 Å². The number of hydrogen-bond acceptors (Lipinski definition) is 4. The van der Waals surface area contributed by atoms with Gasteiger partial charge in [0.15, 0.2) is 17.5 Å². The number of fused-ring (bicyclic) bond motifs is 6. The molecule has 0 saturated heterocycles. The second kappa shape index (κ2) is 14.4.